The van der Waals surface area contributed by atoms with E-state index in [1.165, 1.54) is 16.7 Å². The number of rotatable bonds is 6. The largest absolute Gasteiger partial charge is 0.329 e. The highest BCUT2D eigenvalue weighted by atomic mass is 15.0. The number of terminal acetylenes is 1. The smallest absolute Gasteiger partial charge is 0.0692 e. The van der Waals surface area contributed by atoms with E-state index >= 15 is 0 Å². The van der Waals surface area contributed by atoms with E-state index in [2.05, 4.69) is 50.2 Å². The van der Waals surface area contributed by atoms with E-state index in [1.54, 1.807) is 0 Å². The summed E-state index contributed by atoms with van der Waals surface area (Å²) in [6.07, 6.45) is 7.61. The van der Waals surface area contributed by atoms with Crippen LogP contribution in [0, 0.1) is 26.2 Å². The van der Waals surface area contributed by atoms with Gasteiger partial charge in [-0.3, -0.25) is 5.32 Å². The summed E-state index contributed by atoms with van der Waals surface area (Å²) in [4.78, 5) is 0. The molecule has 3 N–H and O–H groups in total. The van der Waals surface area contributed by atoms with Crippen LogP contribution in [0.2, 0.25) is 0 Å². The number of hydrogen-bond donors (Lipinski definition) is 2. The third kappa shape index (κ3) is 3.60. The van der Waals surface area contributed by atoms with E-state index in [0.717, 1.165) is 12.8 Å². The second-order valence-electron chi connectivity index (χ2n) is 4.75. The summed E-state index contributed by atoms with van der Waals surface area (Å²) < 4.78 is 0. The van der Waals surface area contributed by atoms with Gasteiger partial charge in [-0.25, -0.2) is 0 Å². The lowest BCUT2D eigenvalue weighted by Gasteiger charge is -2.24. The Balaban J connectivity index is 2.89. The molecule has 0 aromatic heterocycles. The molecule has 0 amide bonds. The second kappa shape index (κ2) is 7.20. The van der Waals surface area contributed by atoms with Crippen molar-refractivity contribution < 1.29 is 0 Å². The van der Waals surface area contributed by atoms with Crippen molar-refractivity contribution in [3.05, 3.63) is 34.9 Å². The molecule has 0 spiro atoms. The Morgan fingerprint density at radius 2 is 2.11 bits per heavy atom. The normalized spacial score (nSPS) is 13.9. The summed E-state index contributed by atoms with van der Waals surface area (Å²) in [5, 5.41) is 3.48. The predicted octanol–water partition coefficient (Wildman–Crippen LogP) is 2.69. The van der Waals surface area contributed by atoms with E-state index < -0.39 is 0 Å². The first-order valence-electron chi connectivity index (χ1n) is 6.62. The number of aryl methyl sites for hydroxylation is 1. The molecule has 1 aromatic carbocycles. The minimum Gasteiger partial charge on any atom is -0.329 e. The minimum absolute atomic E-state index is 0.100. The summed E-state index contributed by atoms with van der Waals surface area (Å²) in [6, 6.07) is 6.57. The van der Waals surface area contributed by atoms with Crippen molar-refractivity contribution >= 4 is 0 Å². The van der Waals surface area contributed by atoms with Gasteiger partial charge in [0.15, 0.2) is 0 Å². The van der Waals surface area contributed by atoms with Crippen molar-refractivity contribution in [2.45, 2.75) is 45.7 Å². The maximum atomic E-state index is 5.89. The maximum Gasteiger partial charge on any atom is 0.0692 e. The summed E-state index contributed by atoms with van der Waals surface area (Å²) in [5.41, 5.74) is 9.74. The molecule has 0 bridgehead atoms. The molecule has 0 aliphatic rings. The van der Waals surface area contributed by atoms with Gasteiger partial charge in [0.1, 0.15) is 0 Å². The third-order valence-electron chi connectivity index (χ3n) is 3.44. The molecule has 98 valence electrons. The quantitative estimate of drug-likeness (QED) is 0.755. The molecule has 0 saturated carbocycles. The maximum absolute atomic E-state index is 5.89. The highest BCUT2D eigenvalue weighted by molar-refractivity contribution is 5.35. The van der Waals surface area contributed by atoms with Gasteiger partial charge in [0.2, 0.25) is 0 Å². The summed E-state index contributed by atoms with van der Waals surface area (Å²) >= 11 is 0. The molecule has 2 unspecified atom stereocenters. The van der Waals surface area contributed by atoms with Crippen LogP contribution < -0.4 is 11.1 Å². The van der Waals surface area contributed by atoms with Gasteiger partial charge in [0, 0.05) is 12.6 Å². The Bertz CT molecular complexity index is 418. The second-order valence-corrected chi connectivity index (χ2v) is 4.75. The molecule has 0 aliphatic heterocycles. The van der Waals surface area contributed by atoms with E-state index in [0.29, 0.717) is 6.54 Å². The van der Waals surface area contributed by atoms with Gasteiger partial charge in [-0.2, -0.15) is 0 Å². The molecule has 2 heteroatoms. The van der Waals surface area contributed by atoms with Crippen molar-refractivity contribution in [1.29, 1.82) is 0 Å². The van der Waals surface area contributed by atoms with Gasteiger partial charge < -0.3 is 5.73 Å². The third-order valence-corrected chi connectivity index (χ3v) is 3.44. The first-order valence-corrected chi connectivity index (χ1v) is 6.62. The number of nitrogens with one attached hydrogen (secondary N) is 1. The highest BCUT2D eigenvalue weighted by Gasteiger charge is 2.16. The number of nitrogens with two attached hydrogens (primary N) is 1. The van der Waals surface area contributed by atoms with Crippen molar-refractivity contribution in [1.82, 2.24) is 5.32 Å². The van der Waals surface area contributed by atoms with E-state index in [4.69, 9.17) is 12.2 Å². The molecule has 1 aromatic rings. The van der Waals surface area contributed by atoms with Gasteiger partial charge >= 0.3 is 0 Å². The van der Waals surface area contributed by atoms with Gasteiger partial charge in [-0.05, 0) is 37.0 Å². The lowest BCUT2D eigenvalue weighted by Crippen LogP contribution is -2.36. The van der Waals surface area contributed by atoms with Crippen LogP contribution in [-0.2, 0) is 0 Å². The van der Waals surface area contributed by atoms with Crippen molar-refractivity contribution in [2.24, 2.45) is 5.73 Å². The first kappa shape index (κ1) is 14.8. The molecule has 0 fully saturated rings. The lowest BCUT2D eigenvalue weighted by molar-refractivity contribution is 0.474. The minimum atomic E-state index is 0.100. The fourth-order valence-corrected chi connectivity index (χ4v) is 2.18. The molecule has 0 heterocycles. The number of benzene rings is 1. The van der Waals surface area contributed by atoms with Crippen LogP contribution in [0.25, 0.3) is 0 Å². The molecule has 2 atom stereocenters. The van der Waals surface area contributed by atoms with Crippen LogP contribution in [0.5, 0.6) is 0 Å². The first-order chi connectivity index (χ1) is 8.63. The van der Waals surface area contributed by atoms with Crippen molar-refractivity contribution in [3.8, 4) is 12.3 Å². The Kier molecular flexibility index (Phi) is 5.91. The average molecular weight is 244 g/mol. The fourth-order valence-electron chi connectivity index (χ4n) is 2.18. The lowest BCUT2D eigenvalue weighted by atomic mass is 9.96. The zero-order chi connectivity index (χ0) is 13.5. The molecule has 0 aliphatic carbocycles. The van der Waals surface area contributed by atoms with Crippen LogP contribution in [-0.4, -0.2) is 12.6 Å². The summed E-state index contributed by atoms with van der Waals surface area (Å²) in [6.45, 7) is 6.96. The molecular formula is C16H24N2. The van der Waals surface area contributed by atoms with Crippen LogP contribution in [0.15, 0.2) is 18.2 Å². The molecular weight excluding hydrogens is 220 g/mol. The molecule has 1 rings (SSSR count). The van der Waals surface area contributed by atoms with Crippen molar-refractivity contribution in [2.75, 3.05) is 6.54 Å². The van der Waals surface area contributed by atoms with Gasteiger partial charge in [0.25, 0.3) is 0 Å². The van der Waals surface area contributed by atoms with E-state index in [9.17, 15) is 0 Å². The molecule has 0 saturated heterocycles. The topological polar surface area (TPSA) is 38.0 Å². The van der Waals surface area contributed by atoms with Crippen LogP contribution >= 0.6 is 0 Å². The van der Waals surface area contributed by atoms with Gasteiger partial charge in [0.05, 0.1) is 6.04 Å². The van der Waals surface area contributed by atoms with Crippen molar-refractivity contribution in [3.63, 3.8) is 0 Å². The van der Waals surface area contributed by atoms with Gasteiger partial charge in [-0.15, -0.1) is 6.42 Å². The van der Waals surface area contributed by atoms with Crippen LogP contribution in [0.4, 0.5) is 0 Å². The predicted molar refractivity (Wildman–Crippen MR) is 78.4 cm³/mol. The summed E-state index contributed by atoms with van der Waals surface area (Å²) in [5.74, 6) is 2.80. The standard InChI is InChI=1S/C16H24N2/c1-5-8-14(6-2)18-16(11-17)15-10-7-9-12(3)13(15)4/h2,7,9-10,14,16,18H,5,8,11,17H2,1,3-4H3. The Hall–Kier alpha value is -1.30. The number of hydrogen-bond acceptors (Lipinski definition) is 2. The Morgan fingerprint density at radius 1 is 1.39 bits per heavy atom. The molecule has 18 heavy (non-hydrogen) atoms. The monoisotopic (exact) mass is 244 g/mol. The van der Waals surface area contributed by atoms with Gasteiger partial charge in [-0.1, -0.05) is 37.5 Å². The SMILES string of the molecule is C#CC(CCC)NC(CN)c1cccc(C)c1C. The van der Waals surface area contributed by atoms with E-state index in [-0.39, 0.29) is 12.1 Å². The molecule has 0 radical (unpaired) electrons. The Labute approximate surface area is 111 Å². The van der Waals surface area contributed by atoms with E-state index in [1.807, 2.05) is 0 Å². The zero-order valence-corrected chi connectivity index (χ0v) is 11.7. The molecule has 2 nitrogen and oxygen atoms in total. The van der Waals surface area contributed by atoms with Crippen LogP contribution in [0.3, 0.4) is 0 Å². The van der Waals surface area contributed by atoms with Crippen LogP contribution in [0.1, 0.15) is 42.5 Å². The fraction of sp³-hybridized carbons (Fsp3) is 0.500. The highest BCUT2D eigenvalue weighted by Crippen LogP contribution is 2.20. The average Bonchev–Trinajstić information content (AvgIpc) is 2.38. The summed E-state index contributed by atoms with van der Waals surface area (Å²) in [7, 11) is 0. The Morgan fingerprint density at radius 3 is 2.67 bits per heavy atom. The zero-order valence-electron chi connectivity index (χ0n) is 11.7.